The molecule has 19 heavy (non-hydrogen) atoms. The van der Waals surface area contributed by atoms with Crippen LogP contribution in [0.15, 0.2) is 29.1 Å². The van der Waals surface area contributed by atoms with Gasteiger partial charge in [0.25, 0.3) is 5.56 Å². The van der Waals surface area contributed by atoms with Gasteiger partial charge in [-0.3, -0.25) is 9.59 Å². The Balaban J connectivity index is 2.88. The van der Waals surface area contributed by atoms with Gasteiger partial charge in [0.05, 0.1) is 5.39 Å². The third-order valence-electron chi connectivity index (χ3n) is 2.99. The fourth-order valence-corrected chi connectivity index (χ4v) is 1.80. The summed E-state index contributed by atoms with van der Waals surface area (Å²) in [6, 6.07) is 5.52. The summed E-state index contributed by atoms with van der Waals surface area (Å²) in [5, 5.41) is 13.5. The van der Waals surface area contributed by atoms with E-state index in [1.165, 1.54) is 26.0 Å². The first-order valence-electron chi connectivity index (χ1n) is 5.68. The van der Waals surface area contributed by atoms with Gasteiger partial charge in [-0.15, -0.1) is 0 Å². The first-order chi connectivity index (χ1) is 8.93. The van der Waals surface area contributed by atoms with Crippen LogP contribution in [0, 0.1) is 0 Å². The van der Waals surface area contributed by atoms with Crippen molar-refractivity contribution in [3.8, 4) is 0 Å². The Morgan fingerprint density at radius 2 is 1.84 bits per heavy atom. The number of carboxylic acids is 1. The molecule has 2 rings (SSSR count). The van der Waals surface area contributed by atoms with Crippen LogP contribution in [-0.2, 0) is 4.79 Å². The van der Waals surface area contributed by atoms with E-state index in [2.05, 4.69) is 5.10 Å². The summed E-state index contributed by atoms with van der Waals surface area (Å²) < 4.78 is 0.925. The maximum absolute atomic E-state index is 12.2. The van der Waals surface area contributed by atoms with Crippen molar-refractivity contribution in [2.45, 2.75) is 19.9 Å². The standard InChI is InChI=1S/C13H12N2O4/c1-7(8(2)16)15-12(17)10-6-4-3-5-9(10)11(14-15)13(18)19/h3-7H,1-2H3,(H,18,19). The maximum atomic E-state index is 12.2. The molecule has 1 aromatic heterocycles. The summed E-state index contributed by atoms with van der Waals surface area (Å²) >= 11 is 0. The lowest BCUT2D eigenvalue weighted by Crippen LogP contribution is -2.31. The van der Waals surface area contributed by atoms with Gasteiger partial charge in [0, 0.05) is 5.39 Å². The highest BCUT2D eigenvalue weighted by Gasteiger charge is 2.20. The highest BCUT2D eigenvalue weighted by Crippen LogP contribution is 2.15. The number of carbonyl (C=O) groups is 2. The fourth-order valence-electron chi connectivity index (χ4n) is 1.80. The smallest absolute Gasteiger partial charge is 0.357 e. The van der Waals surface area contributed by atoms with Crippen molar-refractivity contribution in [1.29, 1.82) is 0 Å². The van der Waals surface area contributed by atoms with Gasteiger partial charge in [0.1, 0.15) is 6.04 Å². The van der Waals surface area contributed by atoms with E-state index in [-0.39, 0.29) is 22.2 Å². The van der Waals surface area contributed by atoms with E-state index < -0.39 is 17.6 Å². The Morgan fingerprint density at radius 1 is 1.26 bits per heavy atom. The predicted octanol–water partition coefficient (Wildman–Crippen LogP) is 1.24. The molecule has 1 unspecified atom stereocenters. The van der Waals surface area contributed by atoms with E-state index in [1.807, 2.05) is 0 Å². The topological polar surface area (TPSA) is 89.3 Å². The second-order valence-corrected chi connectivity index (χ2v) is 4.24. The third kappa shape index (κ3) is 2.12. The quantitative estimate of drug-likeness (QED) is 0.896. The number of nitrogens with zero attached hydrogens (tertiary/aromatic N) is 2. The zero-order chi connectivity index (χ0) is 14.2. The van der Waals surface area contributed by atoms with Crippen LogP contribution in [0.5, 0.6) is 0 Å². The summed E-state index contributed by atoms with van der Waals surface area (Å²) in [5.74, 6) is -1.50. The Hall–Kier alpha value is -2.50. The number of hydrogen-bond donors (Lipinski definition) is 1. The number of ketones is 1. The van der Waals surface area contributed by atoms with Gasteiger partial charge in [-0.1, -0.05) is 18.2 Å². The minimum absolute atomic E-state index is 0.233. The van der Waals surface area contributed by atoms with E-state index in [9.17, 15) is 14.4 Å². The van der Waals surface area contributed by atoms with Crippen molar-refractivity contribution in [3.05, 3.63) is 40.3 Å². The van der Waals surface area contributed by atoms with Gasteiger partial charge >= 0.3 is 5.97 Å². The average molecular weight is 260 g/mol. The first-order valence-corrected chi connectivity index (χ1v) is 5.68. The van der Waals surface area contributed by atoms with Crippen LogP contribution < -0.4 is 5.56 Å². The monoisotopic (exact) mass is 260 g/mol. The molecule has 0 amide bonds. The zero-order valence-corrected chi connectivity index (χ0v) is 10.5. The van der Waals surface area contributed by atoms with Crippen LogP contribution in [-0.4, -0.2) is 26.6 Å². The van der Waals surface area contributed by atoms with Crippen LogP contribution in [0.3, 0.4) is 0 Å². The zero-order valence-electron chi connectivity index (χ0n) is 10.5. The Bertz CT molecular complexity index is 733. The predicted molar refractivity (Wildman–Crippen MR) is 68.4 cm³/mol. The van der Waals surface area contributed by atoms with E-state index in [0.29, 0.717) is 0 Å². The highest BCUT2D eigenvalue weighted by atomic mass is 16.4. The second kappa shape index (κ2) is 4.64. The molecule has 1 heterocycles. The molecule has 6 heteroatoms. The normalized spacial score (nSPS) is 12.3. The van der Waals surface area contributed by atoms with Gasteiger partial charge in [0.15, 0.2) is 11.5 Å². The summed E-state index contributed by atoms with van der Waals surface area (Å²) in [7, 11) is 0. The number of fused-ring (bicyclic) bond motifs is 1. The molecule has 0 fully saturated rings. The number of benzene rings is 1. The molecule has 0 radical (unpaired) electrons. The number of aromatic carboxylic acids is 1. The summed E-state index contributed by atoms with van der Waals surface area (Å²) in [5.41, 5.74) is -0.702. The average Bonchev–Trinajstić information content (AvgIpc) is 2.38. The van der Waals surface area contributed by atoms with Crippen molar-refractivity contribution in [2.75, 3.05) is 0 Å². The minimum atomic E-state index is -1.24. The molecule has 1 atom stereocenters. The lowest BCUT2D eigenvalue weighted by Gasteiger charge is -2.12. The van der Waals surface area contributed by atoms with Gasteiger partial charge in [-0.05, 0) is 19.9 Å². The molecule has 0 aliphatic carbocycles. The molecule has 0 spiro atoms. The van der Waals surface area contributed by atoms with Crippen LogP contribution in [0.25, 0.3) is 10.8 Å². The first kappa shape index (κ1) is 12.9. The van der Waals surface area contributed by atoms with Crippen molar-refractivity contribution in [3.63, 3.8) is 0 Å². The number of carbonyl (C=O) groups excluding carboxylic acids is 1. The summed E-state index contributed by atoms with van der Waals surface area (Å²) in [6.45, 7) is 2.84. The number of carboxylic acid groups (broad SMARTS) is 1. The Labute approximate surface area is 108 Å². The van der Waals surface area contributed by atoms with E-state index in [1.54, 1.807) is 12.1 Å². The van der Waals surface area contributed by atoms with Crippen LogP contribution in [0.2, 0.25) is 0 Å². The SMILES string of the molecule is CC(=O)C(C)n1nc(C(=O)O)c2ccccc2c1=O. The van der Waals surface area contributed by atoms with E-state index in [4.69, 9.17) is 5.11 Å². The fraction of sp³-hybridized carbons (Fsp3) is 0.231. The van der Waals surface area contributed by atoms with E-state index in [0.717, 1.165) is 4.68 Å². The molecule has 0 saturated heterocycles. The maximum Gasteiger partial charge on any atom is 0.357 e. The molecule has 6 nitrogen and oxygen atoms in total. The van der Waals surface area contributed by atoms with Crippen molar-refractivity contribution >= 4 is 22.5 Å². The molecule has 1 N–H and O–H groups in total. The molecule has 98 valence electrons. The van der Waals surface area contributed by atoms with Crippen LogP contribution >= 0.6 is 0 Å². The summed E-state index contributed by atoms with van der Waals surface area (Å²) in [6.07, 6.45) is 0. The number of aromatic nitrogens is 2. The van der Waals surface area contributed by atoms with Crippen LogP contribution in [0.4, 0.5) is 0 Å². The van der Waals surface area contributed by atoms with Gasteiger partial charge in [0.2, 0.25) is 0 Å². The molecular weight excluding hydrogens is 248 g/mol. The molecule has 0 bridgehead atoms. The minimum Gasteiger partial charge on any atom is -0.476 e. The third-order valence-corrected chi connectivity index (χ3v) is 2.99. The molecule has 0 aliphatic rings. The summed E-state index contributed by atoms with van der Waals surface area (Å²) in [4.78, 5) is 34.8. The number of Topliss-reactive ketones (excluding diaryl/α,β-unsaturated/α-hetero) is 1. The lowest BCUT2D eigenvalue weighted by atomic mass is 10.1. The Morgan fingerprint density at radius 3 is 2.37 bits per heavy atom. The lowest BCUT2D eigenvalue weighted by molar-refractivity contribution is -0.120. The van der Waals surface area contributed by atoms with Crippen LogP contribution in [0.1, 0.15) is 30.4 Å². The van der Waals surface area contributed by atoms with Gasteiger partial charge in [-0.25, -0.2) is 9.48 Å². The molecule has 1 aromatic carbocycles. The largest absolute Gasteiger partial charge is 0.476 e. The van der Waals surface area contributed by atoms with Crippen molar-refractivity contribution < 1.29 is 14.7 Å². The Kier molecular flexibility index (Phi) is 3.16. The van der Waals surface area contributed by atoms with Gasteiger partial charge < -0.3 is 5.11 Å². The number of rotatable bonds is 3. The van der Waals surface area contributed by atoms with E-state index >= 15 is 0 Å². The second-order valence-electron chi connectivity index (χ2n) is 4.24. The highest BCUT2D eigenvalue weighted by molar-refractivity contribution is 6.01. The van der Waals surface area contributed by atoms with Gasteiger partial charge in [-0.2, -0.15) is 5.10 Å². The van der Waals surface area contributed by atoms with Crippen molar-refractivity contribution in [1.82, 2.24) is 9.78 Å². The molecule has 2 aromatic rings. The molecule has 0 saturated carbocycles. The number of hydrogen-bond acceptors (Lipinski definition) is 4. The molecular formula is C13H12N2O4. The van der Waals surface area contributed by atoms with Crippen molar-refractivity contribution in [2.24, 2.45) is 0 Å². The molecule has 0 aliphatic heterocycles.